The second-order valence-corrected chi connectivity index (χ2v) is 5.54. The molecule has 1 heterocycles. The van der Waals surface area contributed by atoms with Gasteiger partial charge in [-0.15, -0.1) is 0 Å². The van der Waals surface area contributed by atoms with Gasteiger partial charge < -0.3 is 11.5 Å². The highest BCUT2D eigenvalue weighted by Crippen LogP contribution is 2.39. The number of amides is 2. The molecule has 110 valence electrons. The quantitative estimate of drug-likeness (QED) is 0.613. The van der Waals surface area contributed by atoms with Gasteiger partial charge >= 0.3 is 5.00 Å². The van der Waals surface area contributed by atoms with Crippen LogP contribution in [0.5, 0.6) is 0 Å². The minimum Gasteiger partial charge on any atom is -0.369 e. The van der Waals surface area contributed by atoms with Crippen LogP contribution in [0.2, 0.25) is 0 Å². The van der Waals surface area contributed by atoms with Crippen LogP contribution in [-0.4, -0.2) is 21.7 Å². The number of primary amides is 2. The predicted molar refractivity (Wildman–Crippen MR) is 75.4 cm³/mol. The Labute approximate surface area is 123 Å². The molecule has 8 nitrogen and oxygen atoms in total. The number of nitrogens with two attached hydrogens (primary N) is 2. The van der Waals surface area contributed by atoms with Crippen LogP contribution in [0.1, 0.15) is 17.1 Å². The van der Waals surface area contributed by atoms with Gasteiger partial charge in [0.1, 0.15) is 16.1 Å². The van der Waals surface area contributed by atoms with Crippen molar-refractivity contribution in [2.24, 2.45) is 11.5 Å². The van der Waals surface area contributed by atoms with Gasteiger partial charge in [-0.05, 0) is 24.7 Å². The number of aromatic nitrogens is 1. The second-order valence-electron chi connectivity index (χ2n) is 4.56. The van der Waals surface area contributed by atoms with E-state index in [1.807, 2.05) is 0 Å². The number of carbonyl (C=O) groups excluding carboxylic acids is 2. The van der Waals surface area contributed by atoms with E-state index in [1.165, 1.54) is 25.2 Å². The van der Waals surface area contributed by atoms with Crippen LogP contribution in [0.3, 0.4) is 0 Å². The molecule has 1 atom stereocenters. The summed E-state index contributed by atoms with van der Waals surface area (Å²) in [6, 6.07) is 0. The number of aryl methyl sites for hydroxylation is 1. The van der Waals surface area contributed by atoms with Gasteiger partial charge in [-0.3, -0.25) is 19.7 Å². The van der Waals surface area contributed by atoms with Crippen LogP contribution < -0.4 is 11.5 Å². The van der Waals surface area contributed by atoms with Crippen molar-refractivity contribution < 1.29 is 14.5 Å². The maximum absolute atomic E-state index is 11.9. The fraction of sp³-hybridized carbons (Fsp3) is 0.250. The van der Waals surface area contributed by atoms with Gasteiger partial charge in [0, 0.05) is 5.57 Å². The van der Waals surface area contributed by atoms with E-state index in [9.17, 15) is 19.7 Å². The third kappa shape index (κ3) is 2.42. The number of hydrogen-bond donors (Lipinski definition) is 2. The Hall–Kier alpha value is -2.55. The SMILES string of the molecule is Cc1nc(C2(C(N)=O)C=CC(C(N)=O)=CC2)sc1[N+](=O)[O-]. The van der Waals surface area contributed by atoms with E-state index in [4.69, 9.17) is 11.5 Å². The van der Waals surface area contributed by atoms with Crippen molar-refractivity contribution in [2.45, 2.75) is 18.8 Å². The Morgan fingerprint density at radius 1 is 1.48 bits per heavy atom. The minimum absolute atomic E-state index is 0.0845. The van der Waals surface area contributed by atoms with Crippen LogP contribution in [0, 0.1) is 17.0 Å². The monoisotopic (exact) mass is 308 g/mol. The molecule has 1 unspecified atom stereocenters. The molecule has 1 aliphatic rings. The molecule has 1 aliphatic carbocycles. The topological polar surface area (TPSA) is 142 Å². The van der Waals surface area contributed by atoms with Gasteiger partial charge in [-0.1, -0.05) is 18.2 Å². The predicted octanol–water partition coefficient (Wildman–Crippen LogP) is 0.454. The second kappa shape index (κ2) is 5.09. The standard InChI is InChI=1S/C12H12N4O4S/c1-6-9(16(19)20)21-11(15-6)12(10(14)18)4-2-7(3-5-12)8(13)17/h2-4H,5H2,1H3,(H2,13,17)(H2,14,18). The maximum Gasteiger partial charge on any atom is 0.346 e. The first kappa shape index (κ1) is 14.9. The minimum atomic E-state index is -1.29. The molecule has 9 heteroatoms. The summed E-state index contributed by atoms with van der Waals surface area (Å²) in [5.41, 5.74) is 9.80. The zero-order valence-electron chi connectivity index (χ0n) is 11.0. The third-order valence-electron chi connectivity index (χ3n) is 3.24. The highest BCUT2D eigenvalue weighted by molar-refractivity contribution is 7.15. The van der Waals surface area contributed by atoms with Crippen molar-refractivity contribution in [3.8, 4) is 0 Å². The molecule has 0 saturated heterocycles. The lowest BCUT2D eigenvalue weighted by Crippen LogP contribution is -2.40. The normalized spacial score (nSPS) is 20.9. The average molecular weight is 308 g/mol. The first-order valence-electron chi connectivity index (χ1n) is 5.89. The fourth-order valence-electron chi connectivity index (χ4n) is 2.02. The molecule has 1 aromatic heterocycles. The van der Waals surface area contributed by atoms with Crippen LogP contribution in [0.15, 0.2) is 23.8 Å². The summed E-state index contributed by atoms with van der Waals surface area (Å²) in [5.74, 6) is -1.31. The van der Waals surface area contributed by atoms with E-state index in [-0.39, 0.29) is 27.7 Å². The number of hydrogen-bond acceptors (Lipinski definition) is 6. The van der Waals surface area contributed by atoms with Crippen LogP contribution in [0.4, 0.5) is 5.00 Å². The van der Waals surface area contributed by atoms with Crippen molar-refractivity contribution in [3.63, 3.8) is 0 Å². The largest absolute Gasteiger partial charge is 0.369 e. The lowest BCUT2D eigenvalue weighted by atomic mass is 9.79. The number of nitrogens with zero attached hydrogens (tertiary/aromatic N) is 2. The zero-order valence-corrected chi connectivity index (χ0v) is 11.8. The van der Waals surface area contributed by atoms with Crippen LogP contribution >= 0.6 is 11.3 Å². The van der Waals surface area contributed by atoms with Gasteiger partial charge in [0.15, 0.2) is 0 Å². The summed E-state index contributed by atoms with van der Waals surface area (Å²) < 4.78 is 0. The molecule has 0 radical (unpaired) electrons. The van der Waals surface area contributed by atoms with Crippen LogP contribution in [0.25, 0.3) is 0 Å². The molecule has 0 fully saturated rings. The van der Waals surface area contributed by atoms with E-state index in [2.05, 4.69) is 4.98 Å². The molecule has 4 N–H and O–H groups in total. The zero-order chi connectivity index (χ0) is 15.8. The van der Waals surface area contributed by atoms with Crippen LogP contribution in [-0.2, 0) is 15.0 Å². The summed E-state index contributed by atoms with van der Waals surface area (Å²) in [6.45, 7) is 1.49. The van der Waals surface area contributed by atoms with Gasteiger partial charge in [0.25, 0.3) is 0 Å². The van der Waals surface area contributed by atoms with Crippen molar-refractivity contribution in [2.75, 3.05) is 0 Å². The highest BCUT2D eigenvalue weighted by Gasteiger charge is 2.41. The third-order valence-corrected chi connectivity index (χ3v) is 4.52. The van der Waals surface area contributed by atoms with Gasteiger partial charge in [-0.2, -0.15) is 0 Å². The van der Waals surface area contributed by atoms with E-state index < -0.39 is 22.2 Å². The lowest BCUT2D eigenvalue weighted by Gasteiger charge is -2.26. The summed E-state index contributed by atoms with van der Waals surface area (Å²) in [6.07, 6.45) is 4.38. The Morgan fingerprint density at radius 2 is 2.14 bits per heavy atom. The van der Waals surface area contributed by atoms with Gasteiger partial charge in [-0.25, -0.2) is 4.98 Å². The summed E-state index contributed by atoms with van der Waals surface area (Å²) in [4.78, 5) is 37.4. The molecule has 0 aliphatic heterocycles. The summed E-state index contributed by atoms with van der Waals surface area (Å²) in [5, 5.41) is 11.0. The molecule has 0 bridgehead atoms. The molecule has 2 rings (SSSR count). The first-order chi connectivity index (χ1) is 9.78. The Balaban J connectivity index is 2.50. The number of nitro groups is 1. The Bertz CT molecular complexity index is 706. The molecule has 0 aromatic carbocycles. The maximum atomic E-state index is 11.9. The lowest BCUT2D eigenvalue weighted by molar-refractivity contribution is -0.380. The van der Waals surface area contributed by atoms with E-state index in [0.717, 1.165) is 11.3 Å². The number of allylic oxidation sites excluding steroid dienone is 1. The molecule has 1 aromatic rings. The first-order valence-corrected chi connectivity index (χ1v) is 6.71. The average Bonchev–Trinajstić information content (AvgIpc) is 2.81. The van der Waals surface area contributed by atoms with Gasteiger partial charge in [0.2, 0.25) is 11.8 Å². The number of carbonyl (C=O) groups is 2. The smallest absolute Gasteiger partial charge is 0.346 e. The number of thiazole rings is 1. The summed E-state index contributed by atoms with van der Waals surface area (Å²) in [7, 11) is 0. The van der Waals surface area contributed by atoms with E-state index in [0.29, 0.717) is 0 Å². The summed E-state index contributed by atoms with van der Waals surface area (Å²) >= 11 is 0.803. The Morgan fingerprint density at radius 3 is 2.52 bits per heavy atom. The Kier molecular flexibility index (Phi) is 3.60. The fourth-order valence-corrected chi connectivity index (χ4v) is 3.08. The molecule has 0 saturated carbocycles. The molecule has 0 spiro atoms. The highest BCUT2D eigenvalue weighted by atomic mass is 32.1. The number of rotatable bonds is 4. The molecular formula is C12H12N4O4S. The molecule has 2 amide bonds. The van der Waals surface area contributed by atoms with Crippen molar-refractivity contribution in [3.05, 3.63) is 44.6 Å². The van der Waals surface area contributed by atoms with Crippen molar-refractivity contribution >= 4 is 28.2 Å². The van der Waals surface area contributed by atoms with E-state index in [1.54, 1.807) is 0 Å². The molecule has 21 heavy (non-hydrogen) atoms. The molecular weight excluding hydrogens is 296 g/mol. The van der Waals surface area contributed by atoms with Gasteiger partial charge in [0.05, 0.1) is 4.92 Å². The van der Waals surface area contributed by atoms with Crippen molar-refractivity contribution in [1.29, 1.82) is 0 Å². The van der Waals surface area contributed by atoms with Crippen molar-refractivity contribution in [1.82, 2.24) is 4.98 Å². The van der Waals surface area contributed by atoms with E-state index >= 15 is 0 Å².